The first kappa shape index (κ1) is 23.2. The number of benzene rings is 2. The molecule has 0 radical (unpaired) electrons. The first-order valence-electron chi connectivity index (χ1n) is 12.0. The van der Waals surface area contributed by atoms with Gasteiger partial charge in [-0.1, -0.05) is 25.0 Å². The Morgan fingerprint density at radius 2 is 1.74 bits per heavy atom. The summed E-state index contributed by atoms with van der Waals surface area (Å²) in [6, 6.07) is 11.5. The van der Waals surface area contributed by atoms with Crippen molar-refractivity contribution in [3.05, 3.63) is 59.5 Å². The minimum Gasteiger partial charge on any atom is -0.496 e. The average molecular weight is 480 g/mol. The molecule has 1 N–H and O–H groups in total. The molecular formula is C27H30FN3O4. The summed E-state index contributed by atoms with van der Waals surface area (Å²) < 4.78 is 26.6. The van der Waals surface area contributed by atoms with Gasteiger partial charge in [-0.15, -0.1) is 0 Å². The quantitative estimate of drug-likeness (QED) is 0.573. The standard InChI is InChI=1S/C27H30FN3O4/c1-27(26(33)29-19-6-4-5-7-19)16-30-21(14-20-22(34-2)12-13-23(35-3)24(20)30)25(32)31(27)15-17-8-10-18(28)11-9-17/h8-14,19H,4-7,15-16H2,1-3H3,(H,29,33)/t27-/m0/s1. The van der Waals surface area contributed by atoms with Gasteiger partial charge in [-0.05, 0) is 55.7 Å². The number of carbonyl (C=O) groups excluding carboxylic acids is 2. The molecule has 0 unspecified atom stereocenters. The molecule has 2 amide bonds. The lowest BCUT2D eigenvalue weighted by atomic mass is 9.93. The van der Waals surface area contributed by atoms with E-state index in [0.29, 0.717) is 17.2 Å². The zero-order valence-corrected chi connectivity index (χ0v) is 20.3. The SMILES string of the molecule is COc1ccc(OC)c2c1cc1n2C[C@@](C)(C(=O)NC2CCCC2)N(Cc2ccc(F)cc2)C1=O. The molecule has 2 heterocycles. The van der Waals surface area contributed by atoms with E-state index in [-0.39, 0.29) is 36.8 Å². The van der Waals surface area contributed by atoms with Gasteiger partial charge in [0, 0.05) is 18.0 Å². The Morgan fingerprint density at radius 1 is 1.09 bits per heavy atom. The van der Waals surface area contributed by atoms with E-state index in [1.165, 1.54) is 12.1 Å². The molecule has 1 aliphatic carbocycles. The normalized spacial score (nSPS) is 20.2. The summed E-state index contributed by atoms with van der Waals surface area (Å²) in [6.45, 7) is 2.24. The van der Waals surface area contributed by atoms with Crippen LogP contribution in [-0.4, -0.2) is 47.1 Å². The number of rotatable bonds is 6. The van der Waals surface area contributed by atoms with E-state index in [0.717, 1.165) is 42.1 Å². The predicted molar refractivity (Wildman–Crippen MR) is 130 cm³/mol. The number of nitrogens with zero attached hydrogens (tertiary/aromatic N) is 2. The number of aromatic nitrogens is 1. The Labute approximate surface area is 203 Å². The smallest absolute Gasteiger partial charge is 0.271 e. The molecule has 1 atom stereocenters. The van der Waals surface area contributed by atoms with Crippen LogP contribution in [0, 0.1) is 5.82 Å². The van der Waals surface area contributed by atoms with Crippen molar-refractivity contribution in [3.63, 3.8) is 0 Å². The Morgan fingerprint density at radius 3 is 2.40 bits per heavy atom. The van der Waals surface area contributed by atoms with Gasteiger partial charge < -0.3 is 24.3 Å². The number of hydrogen-bond acceptors (Lipinski definition) is 4. The van der Waals surface area contributed by atoms with Crippen molar-refractivity contribution in [2.24, 2.45) is 0 Å². The summed E-state index contributed by atoms with van der Waals surface area (Å²) in [5.41, 5.74) is 0.758. The van der Waals surface area contributed by atoms with Gasteiger partial charge in [0.25, 0.3) is 5.91 Å². The van der Waals surface area contributed by atoms with Gasteiger partial charge in [0.2, 0.25) is 5.91 Å². The number of ether oxygens (including phenoxy) is 2. The molecule has 1 aromatic heterocycles. The third-order valence-corrected chi connectivity index (χ3v) is 7.38. The molecule has 184 valence electrons. The third-order valence-electron chi connectivity index (χ3n) is 7.38. The number of hydrogen-bond donors (Lipinski definition) is 1. The van der Waals surface area contributed by atoms with Crippen LogP contribution < -0.4 is 14.8 Å². The molecule has 7 nitrogen and oxygen atoms in total. The van der Waals surface area contributed by atoms with Gasteiger partial charge in [-0.2, -0.15) is 0 Å². The van der Waals surface area contributed by atoms with Crippen molar-refractivity contribution in [2.75, 3.05) is 14.2 Å². The number of methoxy groups -OCH3 is 2. The first-order valence-corrected chi connectivity index (χ1v) is 12.0. The third kappa shape index (κ3) is 3.90. The molecule has 1 saturated carbocycles. The van der Waals surface area contributed by atoms with Crippen molar-refractivity contribution in [1.82, 2.24) is 14.8 Å². The number of nitrogens with one attached hydrogen (secondary N) is 1. The Bertz CT molecular complexity index is 1280. The van der Waals surface area contributed by atoms with Gasteiger partial charge in [-0.25, -0.2) is 4.39 Å². The minimum absolute atomic E-state index is 0.111. The summed E-state index contributed by atoms with van der Waals surface area (Å²) in [5, 5.41) is 3.94. The molecule has 5 rings (SSSR count). The Balaban J connectivity index is 1.63. The summed E-state index contributed by atoms with van der Waals surface area (Å²) in [6.07, 6.45) is 4.05. The predicted octanol–water partition coefficient (Wildman–Crippen LogP) is 4.27. The highest BCUT2D eigenvalue weighted by atomic mass is 19.1. The van der Waals surface area contributed by atoms with Crippen LogP contribution in [0.25, 0.3) is 10.9 Å². The van der Waals surface area contributed by atoms with Crippen LogP contribution in [0.5, 0.6) is 11.5 Å². The molecule has 35 heavy (non-hydrogen) atoms. The van der Waals surface area contributed by atoms with Crippen molar-refractivity contribution >= 4 is 22.7 Å². The molecule has 0 saturated heterocycles. The van der Waals surface area contributed by atoms with Crippen LogP contribution in [0.4, 0.5) is 4.39 Å². The summed E-state index contributed by atoms with van der Waals surface area (Å²) in [7, 11) is 3.17. The van der Waals surface area contributed by atoms with E-state index in [4.69, 9.17) is 9.47 Å². The zero-order chi connectivity index (χ0) is 24.7. The van der Waals surface area contributed by atoms with Crippen LogP contribution in [-0.2, 0) is 17.9 Å². The maximum Gasteiger partial charge on any atom is 0.271 e. The minimum atomic E-state index is -1.17. The van der Waals surface area contributed by atoms with E-state index >= 15 is 0 Å². The highest BCUT2D eigenvalue weighted by Gasteiger charge is 2.48. The number of halogens is 1. The van der Waals surface area contributed by atoms with Crippen LogP contribution in [0.3, 0.4) is 0 Å². The highest BCUT2D eigenvalue weighted by molar-refractivity contribution is 6.05. The number of fused-ring (bicyclic) bond motifs is 3. The fourth-order valence-corrected chi connectivity index (χ4v) is 5.39. The van der Waals surface area contributed by atoms with E-state index < -0.39 is 5.54 Å². The highest BCUT2D eigenvalue weighted by Crippen LogP contribution is 2.40. The topological polar surface area (TPSA) is 72.8 Å². The van der Waals surface area contributed by atoms with Gasteiger partial charge in [0.1, 0.15) is 28.5 Å². The summed E-state index contributed by atoms with van der Waals surface area (Å²) in [5.74, 6) is 0.419. The number of amides is 2. The zero-order valence-electron chi connectivity index (χ0n) is 20.3. The monoisotopic (exact) mass is 479 g/mol. The lowest BCUT2D eigenvalue weighted by molar-refractivity contribution is -0.133. The second-order valence-corrected chi connectivity index (χ2v) is 9.59. The fourth-order valence-electron chi connectivity index (χ4n) is 5.39. The van der Waals surface area contributed by atoms with E-state index in [9.17, 15) is 14.0 Å². The van der Waals surface area contributed by atoms with Crippen molar-refractivity contribution < 1.29 is 23.5 Å². The molecule has 2 aromatic carbocycles. The maximum atomic E-state index is 14.0. The maximum absolute atomic E-state index is 14.0. The van der Waals surface area contributed by atoms with E-state index in [1.54, 1.807) is 56.4 Å². The van der Waals surface area contributed by atoms with Crippen molar-refractivity contribution in [1.29, 1.82) is 0 Å². The van der Waals surface area contributed by atoms with Gasteiger partial charge in [-0.3, -0.25) is 9.59 Å². The molecule has 1 fully saturated rings. The number of carbonyl (C=O) groups is 2. The van der Waals surface area contributed by atoms with Crippen LogP contribution in [0.1, 0.15) is 48.7 Å². The van der Waals surface area contributed by atoms with Crippen molar-refractivity contribution in [3.8, 4) is 11.5 Å². The molecule has 3 aromatic rings. The van der Waals surface area contributed by atoms with E-state index in [2.05, 4.69) is 5.32 Å². The van der Waals surface area contributed by atoms with Crippen LogP contribution in [0.2, 0.25) is 0 Å². The Hall–Kier alpha value is -3.55. The molecule has 1 aliphatic heterocycles. The second kappa shape index (κ2) is 8.91. The largest absolute Gasteiger partial charge is 0.496 e. The molecule has 0 bridgehead atoms. The molecule has 0 spiro atoms. The summed E-state index contributed by atoms with van der Waals surface area (Å²) in [4.78, 5) is 29.4. The van der Waals surface area contributed by atoms with Crippen LogP contribution >= 0.6 is 0 Å². The van der Waals surface area contributed by atoms with Gasteiger partial charge >= 0.3 is 0 Å². The lowest BCUT2D eigenvalue weighted by Crippen LogP contribution is -2.64. The molecule has 2 aliphatic rings. The van der Waals surface area contributed by atoms with Crippen molar-refractivity contribution in [2.45, 2.75) is 57.3 Å². The van der Waals surface area contributed by atoms with E-state index in [1.807, 2.05) is 4.57 Å². The first-order chi connectivity index (χ1) is 16.9. The van der Waals surface area contributed by atoms with Crippen LogP contribution in [0.15, 0.2) is 42.5 Å². The second-order valence-electron chi connectivity index (χ2n) is 9.59. The van der Waals surface area contributed by atoms with Gasteiger partial charge in [0.15, 0.2) is 0 Å². The lowest BCUT2D eigenvalue weighted by Gasteiger charge is -2.44. The summed E-state index contributed by atoms with van der Waals surface area (Å²) >= 11 is 0. The molecular weight excluding hydrogens is 449 g/mol. The Kier molecular flexibility index (Phi) is 5.91. The van der Waals surface area contributed by atoms with Gasteiger partial charge in [0.05, 0.1) is 26.3 Å². The average Bonchev–Trinajstić information content (AvgIpc) is 3.50. The fraction of sp³-hybridized carbons (Fsp3) is 0.407. The molecule has 8 heteroatoms.